The zero-order chi connectivity index (χ0) is 12.5. The molecule has 0 amide bonds. The molecule has 3 rings (SSSR count). The molecule has 0 fully saturated rings. The van der Waals surface area contributed by atoms with Gasteiger partial charge in [-0.15, -0.1) is 0 Å². The summed E-state index contributed by atoms with van der Waals surface area (Å²) in [5, 5.41) is 0.611. The lowest BCUT2D eigenvalue weighted by Crippen LogP contribution is -1.97. The number of fused-ring (bicyclic) bond motifs is 1. The number of para-hydroxylation sites is 1. The Morgan fingerprint density at radius 3 is 2.39 bits per heavy atom. The maximum Gasteiger partial charge on any atom is 0.148 e. The van der Waals surface area contributed by atoms with Crippen molar-refractivity contribution in [2.24, 2.45) is 0 Å². The molecule has 1 heterocycles. The lowest BCUT2D eigenvalue weighted by molar-refractivity contribution is 0.623. The fourth-order valence-corrected chi connectivity index (χ4v) is 2.12. The molecule has 0 bridgehead atoms. The summed E-state index contributed by atoms with van der Waals surface area (Å²) in [6.07, 6.45) is 1.48. The van der Waals surface area contributed by atoms with E-state index in [0.717, 1.165) is 11.1 Å². The van der Waals surface area contributed by atoms with Crippen LogP contribution in [0.4, 0.5) is 8.78 Å². The van der Waals surface area contributed by atoms with Gasteiger partial charge in [0.1, 0.15) is 11.6 Å². The summed E-state index contributed by atoms with van der Waals surface area (Å²) in [5.74, 6) is -0.491. The highest BCUT2D eigenvalue weighted by Gasteiger charge is 2.07. The molecule has 3 aromatic rings. The van der Waals surface area contributed by atoms with E-state index in [-0.39, 0.29) is 11.6 Å². The van der Waals surface area contributed by atoms with Gasteiger partial charge in [-0.25, -0.2) is 8.78 Å². The van der Waals surface area contributed by atoms with Crippen molar-refractivity contribution in [3.63, 3.8) is 0 Å². The Labute approximate surface area is 103 Å². The van der Waals surface area contributed by atoms with E-state index in [1.807, 2.05) is 22.8 Å². The van der Waals surface area contributed by atoms with E-state index in [1.165, 1.54) is 18.3 Å². The van der Waals surface area contributed by atoms with E-state index in [2.05, 4.69) is 0 Å². The Bertz CT molecular complexity index is 683. The molecule has 2 aromatic carbocycles. The normalized spacial score (nSPS) is 11.0. The minimum absolute atomic E-state index is 0.229. The van der Waals surface area contributed by atoms with Gasteiger partial charge < -0.3 is 4.57 Å². The molecular weight excluding hydrogens is 232 g/mol. The van der Waals surface area contributed by atoms with E-state index in [9.17, 15) is 8.78 Å². The number of benzene rings is 2. The van der Waals surface area contributed by atoms with Crippen molar-refractivity contribution in [1.82, 2.24) is 4.57 Å². The zero-order valence-electron chi connectivity index (χ0n) is 9.61. The van der Waals surface area contributed by atoms with Crippen LogP contribution in [0.3, 0.4) is 0 Å². The van der Waals surface area contributed by atoms with Gasteiger partial charge in [0, 0.05) is 18.1 Å². The molecule has 0 saturated carbocycles. The topological polar surface area (TPSA) is 4.93 Å². The number of hydrogen-bond donors (Lipinski definition) is 0. The van der Waals surface area contributed by atoms with Gasteiger partial charge >= 0.3 is 0 Å². The highest BCUT2D eigenvalue weighted by Crippen LogP contribution is 2.20. The van der Waals surface area contributed by atoms with Gasteiger partial charge in [-0.1, -0.05) is 24.3 Å². The predicted molar refractivity (Wildman–Crippen MR) is 67.4 cm³/mol. The van der Waals surface area contributed by atoms with Crippen molar-refractivity contribution in [2.75, 3.05) is 0 Å². The third kappa shape index (κ3) is 1.88. The Morgan fingerprint density at radius 2 is 1.61 bits per heavy atom. The first-order chi connectivity index (χ1) is 8.74. The Balaban J connectivity index is 2.02. The zero-order valence-corrected chi connectivity index (χ0v) is 9.61. The summed E-state index contributed by atoms with van der Waals surface area (Å²) >= 11 is 0. The first kappa shape index (κ1) is 11.0. The largest absolute Gasteiger partial charge is 0.340 e. The van der Waals surface area contributed by atoms with E-state index < -0.39 is 0 Å². The number of hydrogen-bond acceptors (Lipinski definition) is 0. The van der Waals surface area contributed by atoms with Gasteiger partial charge in [0.05, 0.1) is 5.52 Å². The second kappa shape index (κ2) is 4.26. The number of rotatable bonds is 2. The lowest BCUT2D eigenvalue weighted by atomic mass is 10.2. The first-order valence-electron chi connectivity index (χ1n) is 5.72. The van der Waals surface area contributed by atoms with Crippen molar-refractivity contribution in [2.45, 2.75) is 6.54 Å². The van der Waals surface area contributed by atoms with Gasteiger partial charge in [0.2, 0.25) is 0 Å². The van der Waals surface area contributed by atoms with Crippen molar-refractivity contribution in [3.05, 3.63) is 71.9 Å². The fraction of sp³-hybridized carbons (Fsp3) is 0.0667. The lowest BCUT2D eigenvalue weighted by Gasteiger charge is -2.05. The molecule has 90 valence electrons. The minimum Gasteiger partial charge on any atom is -0.340 e. The molecular formula is C15H11F2N. The van der Waals surface area contributed by atoms with Crippen LogP contribution in [0.15, 0.2) is 54.7 Å². The average molecular weight is 243 g/mol. The summed E-state index contributed by atoms with van der Waals surface area (Å²) < 4.78 is 28.3. The molecule has 18 heavy (non-hydrogen) atoms. The second-order valence-electron chi connectivity index (χ2n) is 4.25. The van der Waals surface area contributed by atoms with Crippen LogP contribution in [-0.2, 0) is 6.54 Å². The summed E-state index contributed by atoms with van der Waals surface area (Å²) in [5.41, 5.74) is 1.79. The summed E-state index contributed by atoms with van der Waals surface area (Å²) in [4.78, 5) is 0. The van der Waals surface area contributed by atoms with Crippen LogP contribution in [0, 0.1) is 11.6 Å². The maximum absolute atomic E-state index is 13.7. The third-order valence-corrected chi connectivity index (χ3v) is 3.01. The Hall–Kier alpha value is -2.16. The van der Waals surface area contributed by atoms with Crippen LogP contribution < -0.4 is 0 Å². The van der Waals surface area contributed by atoms with Crippen molar-refractivity contribution in [3.8, 4) is 0 Å². The molecule has 1 aromatic heterocycles. The van der Waals surface area contributed by atoms with Crippen LogP contribution >= 0.6 is 0 Å². The molecule has 0 radical (unpaired) electrons. The molecule has 0 unspecified atom stereocenters. The molecule has 1 nitrogen and oxygen atoms in total. The van der Waals surface area contributed by atoms with Crippen LogP contribution in [0.2, 0.25) is 0 Å². The third-order valence-electron chi connectivity index (χ3n) is 3.01. The van der Waals surface area contributed by atoms with E-state index in [4.69, 9.17) is 0 Å². The highest BCUT2D eigenvalue weighted by atomic mass is 19.1. The Kier molecular flexibility index (Phi) is 2.59. The van der Waals surface area contributed by atoms with Crippen molar-refractivity contribution >= 4 is 10.9 Å². The summed E-state index contributed by atoms with van der Waals surface area (Å²) in [6, 6.07) is 13.6. The van der Waals surface area contributed by atoms with Gasteiger partial charge in [0.15, 0.2) is 0 Å². The van der Waals surface area contributed by atoms with Crippen molar-refractivity contribution in [1.29, 1.82) is 0 Å². The van der Waals surface area contributed by atoms with Crippen LogP contribution in [0.1, 0.15) is 5.56 Å². The second-order valence-corrected chi connectivity index (χ2v) is 4.25. The molecule has 0 aliphatic rings. The predicted octanol–water partition coefficient (Wildman–Crippen LogP) is 3.97. The van der Waals surface area contributed by atoms with Crippen LogP contribution in [-0.4, -0.2) is 4.57 Å². The number of nitrogens with zero attached hydrogens (tertiary/aromatic N) is 1. The van der Waals surface area contributed by atoms with E-state index in [0.29, 0.717) is 11.9 Å². The molecule has 0 aliphatic carbocycles. The number of aromatic nitrogens is 1. The summed E-state index contributed by atoms with van der Waals surface area (Å²) in [7, 11) is 0. The molecule has 0 saturated heterocycles. The molecule has 0 spiro atoms. The quantitative estimate of drug-likeness (QED) is 0.642. The van der Waals surface area contributed by atoms with Crippen LogP contribution in [0.25, 0.3) is 10.9 Å². The fourth-order valence-electron chi connectivity index (χ4n) is 2.12. The van der Waals surface area contributed by atoms with Gasteiger partial charge in [0.25, 0.3) is 0 Å². The monoisotopic (exact) mass is 243 g/mol. The van der Waals surface area contributed by atoms with Gasteiger partial charge in [-0.3, -0.25) is 0 Å². The van der Waals surface area contributed by atoms with E-state index >= 15 is 0 Å². The molecule has 0 atom stereocenters. The molecule has 0 aliphatic heterocycles. The Morgan fingerprint density at radius 1 is 0.889 bits per heavy atom. The first-order valence-corrected chi connectivity index (χ1v) is 5.72. The minimum atomic E-state index is -0.262. The van der Waals surface area contributed by atoms with Crippen LogP contribution in [0.5, 0.6) is 0 Å². The van der Waals surface area contributed by atoms with Crippen molar-refractivity contribution < 1.29 is 8.78 Å². The van der Waals surface area contributed by atoms with Gasteiger partial charge in [-0.05, 0) is 29.8 Å². The maximum atomic E-state index is 13.7. The molecule has 0 N–H and O–H groups in total. The van der Waals surface area contributed by atoms with E-state index in [1.54, 1.807) is 18.2 Å². The average Bonchev–Trinajstić information content (AvgIpc) is 2.70. The number of halogens is 2. The molecule has 3 heteroatoms. The summed E-state index contributed by atoms with van der Waals surface area (Å²) in [6.45, 7) is 0.532. The standard InChI is InChI=1S/C15H11F2N/c16-12-7-5-11(6-8-12)9-18-10-14(17)13-3-1-2-4-15(13)18/h1-8,10H,9H2. The highest BCUT2D eigenvalue weighted by molar-refractivity contribution is 5.80. The van der Waals surface area contributed by atoms with Gasteiger partial charge in [-0.2, -0.15) is 0 Å². The smallest absolute Gasteiger partial charge is 0.148 e. The SMILES string of the molecule is Fc1ccc(Cn2cc(F)c3ccccc32)cc1.